The fraction of sp³-hybridized carbons (Fsp3) is 0.417. The van der Waals surface area contributed by atoms with Crippen molar-refractivity contribution in [3.8, 4) is 0 Å². The normalized spacial score (nSPS) is 14.1. The standard InChI is InChI=1S/C24H30BrN5O4/c1-17(2)9-10-30(20-15-26(3)24(34)27(4)23(20)33)21(31)16-28-11-13-29(14-12-28)22(32)18-5-7-19(25)8-6-18/h5-9,15H,10-14,16H2,1-4H3. The van der Waals surface area contributed by atoms with Gasteiger partial charge in [-0.25, -0.2) is 4.79 Å². The number of rotatable bonds is 6. The smallest absolute Gasteiger partial charge is 0.330 e. The molecule has 0 spiro atoms. The first-order valence-electron chi connectivity index (χ1n) is 11.1. The monoisotopic (exact) mass is 531 g/mol. The maximum absolute atomic E-state index is 13.3. The zero-order valence-corrected chi connectivity index (χ0v) is 21.5. The SMILES string of the molecule is CC(C)=CCN(C(=O)CN1CCN(C(=O)c2ccc(Br)cc2)CC1)c1cn(C)c(=O)n(C)c1=O. The molecule has 0 saturated carbocycles. The first-order valence-corrected chi connectivity index (χ1v) is 11.9. The molecular weight excluding hydrogens is 502 g/mol. The lowest BCUT2D eigenvalue weighted by Crippen LogP contribution is -2.52. The molecule has 34 heavy (non-hydrogen) atoms. The zero-order valence-electron chi connectivity index (χ0n) is 20.0. The van der Waals surface area contributed by atoms with Crippen LogP contribution in [0.1, 0.15) is 24.2 Å². The van der Waals surface area contributed by atoms with Gasteiger partial charge in [-0.1, -0.05) is 27.6 Å². The van der Waals surface area contributed by atoms with E-state index in [1.54, 1.807) is 24.1 Å². The van der Waals surface area contributed by atoms with Crippen LogP contribution in [0.2, 0.25) is 0 Å². The van der Waals surface area contributed by atoms with Crippen molar-refractivity contribution in [3.63, 3.8) is 0 Å². The van der Waals surface area contributed by atoms with Crippen LogP contribution in [0, 0.1) is 0 Å². The molecule has 3 rings (SSSR count). The minimum Gasteiger partial charge on any atom is -0.336 e. The lowest BCUT2D eigenvalue weighted by Gasteiger charge is -2.35. The number of piperazine rings is 1. The number of carbonyl (C=O) groups is 2. The topological polar surface area (TPSA) is 87.9 Å². The Kier molecular flexibility index (Phi) is 8.27. The largest absolute Gasteiger partial charge is 0.336 e. The lowest BCUT2D eigenvalue weighted by molar-refractivity contribution is -0.120. The van der Waals surface area contributed by atoms with E-state index in [1.807, 2.05) is 37.0 Å². The first kappa shape index (κ1) is 25.6. The molecule has 1 aliphatic heterocycles. The molecule has 2 heterocycles. The second-order valence-electron chi connectivity index (χ2n) is 8.63. The van der Waals surface area contributed by atoms with Crippen molar-refractivity contribution in [2.45, 2.75) is 13.8 Å². The van der Waals surface area contributed by atoms with E-state index in [4.69, 9.17) is 0 Å². The minimum absolute atomic E-state index is 0.0302. The van der Waals surface area contributed by atoms with E-state index in [-0.39, 0.29) is 30.6 Å². The summed E-state index contributed by atoms with van der Waals surface area (Å²) >= 11 is 3.38. The second-order valence-corrected chi connectivity index (χ2v) is 9.55. The van der Waals surface area contributed by atoms with E-state index in [2.05, 4.69) is 15.9 Å². The Morgan fingerprint density at radius 3 is 2.24 bits per heavy atom. The van der Waals surface area contributed by atoms with Crippen molar-refractivity contribution in [1.29, 1.82) is 0 Å². The van der Waals surface area contributed by atoms with Gasteiger partial charge < -0.3 is 14.4 Å². The molecule has 182 valence electrons. The summed E-state index contributed by atoms with van der Waals surface area (Å²) in [6.45, 7) is 6.31. The molecule has 0 bridgehead atoms. The predicted molar refractivity (Wildman–Crippen MR) is 135 cm³/mol. The molecule has 0 radical (unpaired) electrons. The highest BCUT2D eigenvalue weighted by molar-refractivity contribution is 9.10. The van der Waals surface area contributed by atoms with Crippen LogP contribution in [0.5, 0.6) is 0 Å². The molecule has 10 heteroatoms. The molecule has 0 N–H and O–H groups in total. The molecular formula is C24H30BrN5O4. The average molecular weight is 532 g/mol. The molecule has 2 aromatic rings. The number of aryl methyl sites for hydroxylation is 1. The molecule has 0 unspecified atom stereocenters. The van der Waals surface area contributed by atoms with Crippen molar-refractivity contribution in [3.05, 3.63) is 73.0 Å². The number of benzene rings is 1. The molecule has 9 nitrogen and oxygen atoms in total. The minimum atomic E-state index is -0.511. The molecule has 1 saturated heterocycles. The Morgan fingerprint density at radius 2 is 1.65 bits per heavy atom. The van der Waals surface area contributed by atoms with Gasteiger partial charge in [-0.15, -0.1) is 0 Å². The van der Waals surface area contributed by atoms with Gasteiger partial charge in [-0.05, 0) is 38.1 Å². The summed E-state index contributed by atoms with van der Waals surface area (Å²) < 4.78 is 3.22. The number of hydrogen-bond donors (Lipinski definition) is 0. The molecule has 0 aliphatic carbocycles. The van der Waals surface area contributed by atoms with Gasteiger partial charge in [-0.3, -0.25) is 23.9 Å². The zero-order chi connectivity index (χ0) is 25.0. The van der Waals surface area contributed by atoms with E-state index in [0.717, 1.165) is 14.6 Å². The third kappa shape index (κ3) is 5.92. The van der Waals surface area contributed by atoms with Crippen molar-refractivity contribution < 1.29 is 9.59 Å². The first-order chi connectivity index (χ1) is 16.1. The van der Waals surface area contributed by atoms with Crippen LogP contribution in [0.15, 0.2) is 56.2 Å². The highest BCUT2D eigenvalue weighted by Crippen LogP contribution is 2.14. The average Bonchev–Trinajstić information content (AvgIpc) is 2.81. The number of aromatic nitrogens is 2. The quantitative estimate of drug-likeness (QED) is 0.528. The summed E-state index contributed by atoms with van der Waals surface area (Å²) in [6, 6.07) is 7.26. The third-order valence-electron chi connectivity index (χ3n) is 5.81. The summed E-state index contributed by atoms with van der Waals surface area (Å²) in [5, 5.41) is 0. The molecule has 1 aliphatic rings. The van der Waals surface area contributed by atoms with Gasteiger partial charge in [-0.2, -0.15) is 0 Å². The van der Waals surface area contributed by atoms with Crippen molar-refractivity contribution in [2.75, 3.05) is 44.2 Å². The van der Waals surface area contributed by atoms with Crippen LogP contribution in [0.25, 0.3) is 0 Å². The van der Waals surface area contributed by atoms with Crippen LogP contribution < -0.4 is 16.1 Å². The van der Waals surface area contributed by atoms with Gasteiger partial charge >= 0.3 is 5.69 Å². The van der Waals surface area contributed by atoms with Crippen LogP contribution >= 0.6 is 15.9 Å². The highest BCUT2D eigenvalue weighted by atomic mass is 79.9. The Hall–Kier alpha value is -2.98. The molecule has 1 aromatic heterocycles. The van der Waals surface area contributed by atoms with Crippen molar-refractivity contribution >= 4 is 33.4 Å². The van der Waals surface area contributed by atoms with Gasteiger partial charge in [0, 0.05) is 63.1 Å². The lowest BCUT2D eigenvalue weighted by atomic mass is 10.2. The number of amides is 2. The van der Waals surface area contributed by atoms with E-state index < -0.39 is 11.2 Å². The Morgan fingerprint density at radius 1 is 1.03 bits per heavy atom. The third-order valence-corrected chi connectivity index (χ3v) is 6.34. The van der Waals surface area contributed by atoms with E-state index >= 15 is 0 Å². The van der Waals surface area contributed by atoms with Crippen molar-refractivity contribution in [2.24, 2.45) is 14.1 Å². The number of nitrogens with zero attached hydrogens (tertiary/aromatic N) is 5. The van der Waals surface area contributed by atoms with Crippen molar-refractivity contribution in [1.82, 2.24) is 18.9 Å². The molecule has 2 amide bonds. The van der Waals surface area contributed by atoms with Crippen LogP contribution in [-0.4, -0.2) is 70.0 Å². The second kappa shape index (κ2) is 11.0. The number of hydrogen-bond acceptors (Lipinski definition) is 5. The number of carbonyl (C=O) groups excluding carboxylic acids is 2. The number of anilines is 1. The van der Waals surface area contributed by atoms with E-state index in [1.165, 1.54) is 22.7 Å². The summed E-state index contributed by atoms with van der Waals surface area (Å²) in [4.78, 5) is 56.1. The fourth-order valence-corrected chi connectivity index (χ4v) is 4.01. The van der Waals surface area contributed by atoms with E-state index in [9.17, 15) is 19.2 Å². The van der Waals surface area contributed by atoms with E-state index in [0.29, 0.717) is 31.7 Å². The summed E-state index contributed by atoms with van der Waals surface area (Å²) in [5.41, 5.74) is 0.847. The molecule has 1 aromatic carbocycles. The van der Waals surface area contributed by atoms with Crippen LogP contribution in [0.4, 0.5) is 5.69 Å². The van der Waals surface area contributed by atoms with Gasteiger partial charge in [0.25, 0.3) is 11.5 Å². The predicted octanol–water partition coefficient (Wildman–Crippen LogP) is 1.60. The number of allylic oxidation sites excluding steroid dienone is 1. The molecule has 1 fully saturated rings. The summed E-state index contributed by atoms with van der Waals surface area (Å²) in [7, 11) is 2.95. The Balaban J connectivity index is 1.71. The molecule has 0 atom stereocenters. The highest BCUT2D eigenvalue weighted by Gasteiger charge is 2.26. The maximum Gasteiger partial charge on any atom is 0.330 e. The fourth-order valence-electron chi connectivity index (χ4n) is 3.74. The summed E-state index contributed by atoms with van der Waals surface area (Å²) in [5.74, 6) is -0.265. The Bertz CT molecular complexity index is 1200. The van der Waals surface area contributed by atoms with Gasteiger partial charge in [0.2, 0.25) is 5.91 Å². The summed E-state index contributed by atoms with van der Waals surface area (Å²) in [6.07, 6.45) is 3.29. The number of halogens is 1. The van der Waals surface area contributed by atoms with Gasteiger partial charge in [0.1, 0.15) is 5.69 Å². The Labute approximate surface area is 207 Å². The van der Waals surface area contributed by atoms with Gasteiger partial charge in [0.15, 0.2) is 0 Å². The van der Waals surface area contributed by atoms with Crippen LogP contribution in [-0.2, 0) is 18.9 Å². The van der Waals surface area contributed by atoms with Crippen LogP contribution in [0.3, 0.4) is 0 Å². The van der Waals surface area contributed by atoms with Gasteiger partial charge in [0.05, 0.1) is 6.54 Å². The maximum atomic E-state index is 13.3.